The molecule has 1 amide bonds. The van der Waals surface area contributed by atoms with Gasteiger partial charge >= 0.3 is 5.97 Å². The van der Waals surface area contributed by atoms with Crippen LogP contribution in [-0.4, -0.2) is 23.2 Å². The highest BCUT2D eigenvalue weighted by molar-refractivity contribution is 9.10. The standard InChI is InChI=1S/C14H17BrN2O3/c15-12-7-5-4-6-11(12)10-16-17-13(18)8-2-1-3-9-14(19)20/h4-7,10H,1-3,8-9H2,(H,17,18)(H,19,20)/b16-10+. The van der Waals surface area contributed by atoms with Gasteiger partial charge in [-0.05, 0) is 18.9 Å². The molecule has 0 bridgehead atoms. The van der Waals surface area contributed by atoms with Crippen molar-refractivity contribution in [3.63, 3.8) is 0 Å². The molecule has 0 saturated carbocycles. The number of carbonyl (C=O) groups is 2. The molecule has 6 heteroatoms. The van der Waals surface area contributed by atoms with Gasteiger partial charge < -0.3 is 5.11 Å². The number of aliphatic carboxylic acids is 1. The van der Waals surface area contributed by atoms with Crippen molar-refractivity contribution in [2.45, 2.75) is 32.1 Å². The van der Waals surface area contributed by atoms with Crippen LogP contribution in [0.25, 0.3) is 0 Å². The van der Waals surface area contributed by atoms with Gasteiger partial charge in [0, 0.05) is 22.9 Å². The number of carboxylic acid groups (broad SMARTS) is 1. The number of benzene rings is 1. The maximum absolute atomic E-state index is 11.5. The Hall–Kier alpha value is -1.69. The summed E-state index contributed by atoms with van der Waals surface area (Å²) in [6, 6.07) is 7.56. The van der Waals surface area contributed by atoms with Gasteiger partial charge in [-0.15, -0.1) is 0 Å². The third-order valence-electron chi connectivity index (χ3n) is 2.59. The lowest BCUT2D eigenvalue weighted by molar-refractivity contribution is -0.137. The van der Waals surface area contributed by atoms with Gasteiger partial charge in [0.1, 0.15) is 0 Å². The maximum atomic E-state index is 11.5. The van der Waals surface area contributed by atoms with Gasteiger partial charge in [0.25, 0.3) is 0 Å². The van der Waals surface area contributed by atoms with Crippen LogP contribution in [0.4, 0.5) is 0 Å². The molecule has 1 aromatic carbocycles. The molecule has 1 aromatic rings. The number of amides is 1. The first kappa shape index (κ1) is 16.4. The highest BCUT2D eigenvalue weighted by Crippen LogP contribution is 2.13. The topological polar surface area (TPSA) is 78.8 Å². The number of hydrogen-bond acceptors (Lipinski definition) is 3. The van der Waals surface area contributed by atoms with Gasteiger partial charge in [-0.25, -0.2) is 5.43 Å². The lowest BCUT2D eigenvalue weighted by Gasteiger charge is -2.00. The summed E-state index contributed by atoms with van der Waals surface area (Å²) in [4.78, 5) is 21.8. The summed E-state index contributed by atoms with van der Waals surface area (Å²) in [5.74, 6) is -0.962. The van der Waals surface area contributed by atoms with E-state index < -0.39 is 5.97 Å². The number of nitrogens with zero attached hydrogens (tertiary/aromatic N) is 1. The molecule has 0 aromatic heterocycles. The summed E-state index contributed by atoms with van der Waals surface area (Å²) in [7, 11) is 0. The van der Waals surface area contributed by atoms with Crippen LogP contribution < -0.4 is 5.43 Å². The summed E-state index contributed by atoms with van der Waals surface area (Å²) < 4.78 is 0.909. The van der Waals surface area contributed by atoms with Crippen molar-refractivity contribution in [1.29, 1.82) is 0 Å². The van der Waals surface area contributed by atoms with Gasteiger partial charge in [0.05, 0.1) is 6.21 Å². The van der Waals surface area contributed by atoms with Gasteiger partial charge in [0.2, 0.25) is 5.91 Å². The Morgan fingerprint density at radius 2 is 1.90 bits per heavy atom. The number of nitrogens with one attached hydrogen (secondary N) is 1. The Balaban J connectivity index is 2.20. The van der Waals surface area contributed by atoms with Gasteiger partial charge in [0.15, 0.2) is 0 Å². The fourth-order valence-electron chi connectivity index (χ4n) is 1.55. The molecule has 1 rings (SSSR count). The normalized spacial score (nSPS) is 10.7. The predicted molar refractivity (Wildman–Crippen MR) is 80.6 cm³/mol. The molecule has 108 valence electrons. The van der Waals surface area contributed by atoms with Crippen molar-refractivity contribution in [2.75, 3.05) is 0 Å². The fraction of sp³-hybridized carbons (Fsp3) is 0.357. The van der Waals surface area contributed by atoms with Gasteiger partial charge in [-0.3, -0.25) is 9.59 Å². The maximum Gasteiger partial charge on any atom is 0.303 e. The molecule has 5 nitrogen and oxygen atoms in total. The Labute approximate surface area is 126 Å². The monoisotopic (exact) mass is 340 g/mol. The minimum Gasteiger partial charge on any atom is -0.481 e. The largest absolute Gasteiger partial charge is 0.481 e. The number of unbranched alkanes of at least 4 members (excludes halogenated alkanes) is 2. The van der Waals surface area contributed by atoms with Crippen LogP contribution in [0.3, 0.4) is 0 Å². The Kier molecular flexibility index (Phi) is 7.57. The molecule has 0 saturated heterocycles. The molecule has 0 aliphatic heterocycles. The van der Waals surface area contributed by atoms with E-state index in [1.165, 1.54) is 0 Å². The number of halogens is 1. The molecule has 0 unspecified atom stereocenters. The average Bonchev–Trinajstić information content (AvgIpc) is 2.40. The minimum absolute atomic E-state index is 0.155. The van der Waals surface area contributed by atoms with E-state index in [-0.39, 0.29) is 12.3 Å². The average molecular weight is 341 g/mol. The molecule has 0 radical (unpaired) electrons. The van der Waals surface area contributed by atoms with E-state index in [1.54, 1.807) is 6.21 Å². The van der Waals surface area contributed by atoms with E-state index in [0.717, 1.165) is 16.5 Å². The van der Waals surface area contributed by atoms with Crippen molar-refractivity contribution < 1.29 is 14.7 Å². The van der Waals surface area contributed by atoms with Crippen LogP contribution in [0.1, 0.15) is 37.7 Å². The molecule has 0 spiro atoms. The molecule has 0 aliphatic carbocycles. The number of rotatable bonds is 8. The lowest BCUT2D eigenvalue weighted by atomic mass is 10.1. The first-order valence-corrected chi connectivity index (χ1v) is 7.17. The summed E-state index contributed by atoms with van der Waals surface area (Å²) in [6.07, 6.45) is 4.08. The molecule has 0 aliphatic rings. The van der Waals surface area contributed by atoms with Crippen molar-refractivity contribution in [3.8, 4) is 0 Å². The molecule has 0 heterocycles. The Morgan fingerprint density at radius 3 is 2.60 bits per heavy atom. The molecule has 2 N–H and O–H groups in total. The van der Waals surface area contributed by atoms with Crippen molar-refractivity contribution >= 4 is 34.0 Å². The molecule has 0 atom stereocenters. The number of hydrogen-bond donors (Lipinski definition) is 2. The molecular weight excluding hydrogens is 324 g/mol. The molecule has 20 heavy (non-hydrogen) atoms. The van der Waals surface area contributed by atoms with Crippen LogP contribution >= 0.6 is 15.9 Å². The van der Waals surface area contributed by atoms with E-state index in [2.05, 4.69) is 26.5 Å². The first-order valence-electron chi connectivity index (χ1n) is 6.38. The third kappa shape index (κ3) is 7.04. The van der Waals surface area contributed by atoms with E-state index >= 15 is 0 Å². The zero-order valence-electron chi connectivity index (χ0n) is 11.0. The molecular formula is C14H17BrN2O3. The smallest absolute Gasteiger partial charge is 0.303 e. The van der Waals surface area contributed by atoms with E-state index in [0.29, 0.717) is 19.3 Å². The van der Waals surface area contributed by atoms with E-state index in [4.69, 9.17) is 5.11 Å². The SMILES string of the molecule is O=C(O)CCCCCC(=O)N/N=C/c1ccccc1Br. The highest BCUT2D eigenvalue weighted by Gasteiger charge is 2.01. The summed E-state index contributed by atoms with van der Waals surface area (Å²) in [6.45, 7) is 0. The second-order valence-corrected chi connectivity index (χ2v) is 5.12. The second-order valence-electron chi connectivity index (χ2n) is 4.27. The molecule has 0 fully saturated rings. The van der Waals surface area contributed by atoms with E-state index in [9.17, 15) is 9.59 Å². The quantitative estimate of drug-likeness (QED) is 0.433. The summed E-state index contributed by atoms with van der Waals surface area (Å²) in [5, 5.41) is 12.3. The van der Waals surface area contributed by atoms with Gasteiger partial charge in [-0.2, -0.15) is 5.10 Å². The van der Waals surface area contributed by atoms with Crippen molar-refractivity contribution in [3.05, 3.63) is 34.3 Å². The third-order valence-corrected chi connectivity index (χ3v) is 3.31. The minimum atomic E-state index is -0.799. The number of hydrazone groups is 1. The fourth-order valence-corrected chi connectivity index (χ4v) is 1.94. The van der Waals surface area contributed by atoms with Crippen molar-refractivity contribution in [1.82, 2.24) is 5.43 Å². The summed E-state index contributed by atoms with van der Waals surface area (Å²) in [5.41, 5.74) is 3.33. The Morgan fingerprint density at radius 1 is 1.20 bits per heavy atom. The number of carbonyl (C=O) groups excluding carboxylic acids is 1. The zero-order valence-corrected chi connectivity index (χ0v) is 12.6. The predicted octanol–water partition coefficient (Wildman–Crippen LogP) is 2.93. The van der Waals surface area contributed by atoms with Crippen LogP contribution in [0.15, 0.2) is 33.8 Å². The van der Waals surface area contributed by atoms with Crippen LogP contribution in [0.2, 0.25) is 0 Å². The van der Waals surface area contributed by atoms with Crippen LogP contribution in [0.5, 0.6) is 0 Å². The van der Waals surface area contributed by atoms with Gasteiger partial charge in [-0.1, -0.05) is 40.5 Å². The zero-order chi connectivity index (χ0) is 14.8. The number of carboxylic acids is 1. The second kappa shape index (κ2) is 9.25. The summed E-state index contributed by atoms with van der Waals surface area (Å²) >= 11 is 3.38. The van der Waals surface area contributed by atoms with Crippen molar-refractivity contribution in [2.24, 2.45) is 5.10 Å². The lowest BCUT2D eigenvalue weighted by Crippen LogP contribution is -2.16. The van der Waals surface area contributed by atoms with Crippen LogP contribution in [-0.2, 0) is 9.59 Å². The highest BCUT2D eigenvalue weighted by atomic mass is 79.9. The first-order chi connectivity index (χ1) is 9.59. The van der Waals surface area contributed by atoms with E-state index in [1.807, 2.05) is 24.3 Å². The Bertz CT molecular complexity index is 489. The van der Waals surface area contributed by atoms with Crippen LogP contribution in [0, 0.1) is 0 Å².